The van der Waals surface area contributed by atoms with Gasteiger partial charge in [0.1, 0.15) is 0 Å². The van der Waals surface area contributed by atoms with Gasteiger partial charge in [0.25, 0.3) is 0 Å². The first-order chi connectivity index (χ1) is 17.8. The van der Waals surface area contributed by atoms with E-state index in [1.165, 1.54) is 0 Å². The second-order valence-electron chi connectivity index (χ2n) is 7.29. The molecule has 2 N–H and O–H groups in total. The number of pyridine rings is 4. The van der Waals surface area contributed by atoms with Crippen molar-refractivity contribution in [1.29, 1.82) is 0 Å². The van der Waals surface area contributed by atoms with Crippen LogP contribution in [0.2, 0.25) is 0 Å². The van der Waals surface area contributed by atoms with Gasteiger partial charge in [0.05, 0.1) is 35.3 Å². The van der Waals surface area contributed by atoms with E-state index >= 15 is 0 Å². The van der Waals surface area contributed by atoms with Gasteiger partial charge in [-0.2, -0.15) is 0 Å². The van der Waals surface area contributed by atoms with Crippen LogP contribution in [0.25, 0.3) is 43.6 Å². The summed E-state index contributed by atoms with van der Waals surface area (Å²) in [4.78, 5) is 17.4. The Bertz CT molecular complexity index is 1490. The fourth-order valence-electron chi connectivity index (χ4n) is 3.36. The fourth-order valence-corrected chi connectivity index (χ4v) is 3.36. The summed E-state index contributed by atoms with van der Waals surface area (Å²) in [5, 5.41) is 19.8. The number of rotatable bonds is 1. The maximum absolute atomic E-state index is 8.52. The van der Waals surface area contributed by atoms with Crippen LogP contribution in [0.5, 0.6) is 0 Å². The molecular formula is C26H22CuN4O6S. The SMILES string of the molecule is O=S(=O)([O-])[O-].OCCO.[Cu+2].c1cnc2c(c1)ccc1cccnc12.c1cnc2c(c1)ccc1cccnc12. The van der Waals surface area contributed by atoms with Gasteiger partial charge in [0, 0.05) is 56.7 Å². The predicted molar refractivity (Wildman–Crippen MR) is 139 cm³/mol. The van der Waals surface area contributed by atoms with Gasteiger partial charge in [-0.25, -0.2) is 0 Å². The smallest absolute Gasteiger partial charge is 0.759 e. The van der Waals surface area contributed by atoms with E-state index in [1.807, 2.05) is 24.3 Å². The average molecular weight is 582 g/mol. The third-order valence-corrected chi connectivity index (χ3v) is 4.79. The number of aliphatic hydroxyl groups excluding tert-OH is 2. The normalized spacial score (nSPS) is 10.3. The summed E-state index contributed by atoms with van der Waals surface area (Å²) in [6, 6.07) is 24.3. The molecule has 0 bridgehead atoms. The molecule has 1 radical (unpaired) electrons. The van der Waals surface area contributed by atoms with E-state index in [2.05, 4.69) is 68.5 Å². The molecule has 0 aliphatic rings. The number of benzene rings is 2. The topological polar surface area (TPSA) is 172 Å². The van der Waals surface area contributed by atoms with Gasteiger partial charge in [0.2, 0.25) is 0 Å². The van der Waals surface area contributed by atoms with E-state index in [0.717, 1.165) is 43.6 Å². The van der Waals surface area contributed by atoms with Crippen molar-refractivity contribution in [3.63, 3.8) is 0 Å². The van der Waals surface area contributed by atoms with Crippen LogP contribution in [-0.2, 0) is 27.5 Å². The largest absolute Gasteiger partial charge is 2.00 e. The standard InChI is InChI=1S/2C12H8N2.C2H6O2.Cu.H2O4S/c2*1-3-9-5-6-10-4-2-8-14-12(10)11(9)13-7-1;3-1-2-4;;1-5(2,3)4/h2*1-8H;3-4H,1-2H2;;(H2,1,2,3,4)/q;;;+2;/p-2. The van der Waals surface area contributed by atoms with Crippen molar-refractivity contribution in [2.45, 2.75) is 0 Å². The third-order valence-electron chi connectivity index (χ3n) is 4.79. The number of aliphatic hydroxyl groups is 2. The van der Waals surface area contributed by atoms with Crippen molar-refractivity contribution in [3.05, 3.63) is 97.6 Å². The van der Waals surface area contributed by atoms with Gasteiger partial charge < -0.3 is 19.3 Å². The molecule has 0 atom stereocenters. The molecule has 12 heteroatoms. The predicted octanol–water partition coefficient (Wildman–Crippen LogP) is 3.20. The Kier molecular flexibility index (Phi) is 12.1. The monoisotopic (exact) mass is 581 g/mol. The second kappa shape index (κ2) is 15.0. The van der Waals surface area contributed by atoms with Gasteiger partial charge in [0.15, 0.2) is 0 Å². The summed E-state index contributed by atoms with van der Waals surface area (Å²) in [6.45, 7) is -0.250. The zero-order valence-electron chi connectivity index (χ0n) is 19.7. The number of nitrogens with zero attached hydrogens (tertiary/aromatic N) is 4. The molecule has 0 aliphatic heterocycles. The average Bonchev–Trinajstić information content (AvgIpc) is 2.92. The minimum atomic E-state index is -5.17. The molecule has 0 spiro atoms. The number of aromatic nitrogens is 4. The van der Waals surface area contributed by atoms with Gasteiger partial charge in [-0.05, 0) is 24.3 Å². The van der Waals surface area contributed by atoms with Crippen molar-refractivity contribution in [2.24, 2.45) is 0 Å². The zero-order chi connectivity index (χ0) is 26.7. The molecule has 4 heterocycles. The molecule has 0 saturated heterocycles. The summed E-state index contributed by atoms with van der Waals surface area (Å²) in [7, 11) is -5.17. The van der Waals surface area contributed by atoms with Crippen LogP contribution >= 0.6 is 0 Å². The molecule has 0 aliphatic carbocycles. The second-order valence-corrected chi connectivity index (χ2v) is 8.10. The Labute approximate surface area is 229 Å². The van der Waals surface area contributed by atoms with Crippen molar-refractivity contribution in [2.75, 3.05) is 13.2 Å². The molecule has 0 amide bonds. The first-order valence-electron chi connectivity index (χ1n) is 10.9. The molecule has 0 fully saturated rings. The summed E-state index contributed by atoms with van der Waals surface area (Å²) in [6.07, 6.45) is 7.21. The maximum Gasteiger partial charge on any atom is 2.00 e. The quantitative estimate of drug-likeness (QED) is 0.127. The molecule has 10 nitrogen and oxygen atoms in total. The Morgan fingerprint density at radius 2 is 0.737 bits per heavy atom. The summed E-state index contributed by atoms with van der Waals surface area (Å²) >= 11 is 0. The summed E-state index contributed by atoms with van der Waals surface area (Å²) < 4.78 is 34.1. The van der Waals surface area contributed by atoms with E-state index in [-0.39, 0.29) is 30.3 Å². The summed E-state index contributed by atoms with van der Waals surface area (Å²) in [5.41, 5.74) is 3.91. The van der Waals surface area contributed by atoms with Crippen molar-refractivity contribution in [3.8, 4) is 0 Å². The van der Waals surface area contributed by atoms with Gasteiger partial charge in [-0.1, -0.05) is 48.5 Å². The number of hydrogen-bond acceptors (Lipinski definition) is 10. The van der Waals surface area contributed by atoms with E-state index < -0.39 is 10.4 Å². The van der Waals surface area contributed by atoms with Crippen LogP contribution in [0.4, 0.5) is 0 Å². The Morgan fingerprint density at radius 3 is 0.921 bits per heavy atom. The third kappa shape index (κ3) is 9.05. The van der Waals surface area contributed by atoms with E-state index in [9.17, 15) is 0 Å². The number of hydrogen-bond donors (Lipinski definition) is 2. The van der Waals surface area contributed by atoms with Crippen molar-refractivity contribution in [1.82, 2.24) is 19.9 Å². The molecular weight excluding hydrogens is 560 g/mol. The van der Waals surface area contributed by atoms with Crippen LogP contribution < -0.4 is 0 Å². The van der Waals surface area contributed by atoms with Crippen LogP contribution in [0.1, 0.15) is 0 Å². The van der Waals surface area contributed by atoms with E-state index in [0.29, 0.717) is 0 Å². The first kappa shape index (κ1) is 30.6. The fraction of sp³-hybridized carbons (Fsp3) is 0.0769. The van der Waals surface area contributed by atoms with Gasteiger partial charge in [-0.3, -0.25) is 28.4 Å². The van der Waals surface area contributed by atoms with E-state index in [4.69, 9.17) is 27.7 Å². The Hall–Kier alpha value is -3.61. The summed E-state index contributed by atoms with van der Waals surface area (Å²) in [5.74, 6) is 0. The van der Waals surface area contributed by atoms with Crippen molar-refractivity contribution >= 4 is 54.0 Å². The van der Waals surface area contributed by atoms with Gasteiger partial charge in [-0.15, -0.1) is 0 Å². The molecule has 6 aromatic rings. The molecule has 4 aromatic heterocycles. The van der Waals surface area contributed by atoms with E-state index in [1.54, 1.807) is 24.8 Å². The Morgan fingerprint density at radius 1 is 0.526 bits per heavy atom. The van der Waals surface area contributed by atoms with Crippen LogP contribution in [0, 0.1) is 0 Å². The van der Waals surface area contributed by atoms with Crippen LogP contribution in [0.15, 0.2) is 97.6 Å². The maximum atomic E-state index is 8.52. The van der Waals surface area contributed by atoms with Crippen molar-refractivity contribution < 1.29 is 44.8 Å². The molecule has 199 valence electrons. The molecule has 2 aromatic carbocycles. The van der Waals surface area contributed by atoms with Gasteiger partial charge >= 0.3 is 17.1 Å². The Balaban J connectivity index is 0.000000201. The molecule has 38 heavy (non-hydrogen) atoms. The molecule has 0 saturated carbocycles. The minimum absolute atomic E-state index is 0. The molecule has 0 unspecified atom stereocenters. The minimum Gasteiger partial charge on any atom is -0.759 e. The number of fused-ring (bicyclic) bond motifs is 6. The van der Waals surface area contributed by atoms with Crippen LogP contribution in [0.3, 0.4) is 0 Å². The molecule has 6 rings (SSSR count). The first-order valence-corrected chi connectivity index (χ1v) is 12.2. The zero-order valence-corrected chi connectivity index (χ0v) is 21.4. The van der Waals surface area contributed by atoms with Crippen LogP contribution in [-0.4, -0.2) is 60.9 Å².